The predicted octanol–water partition coefficient (Wildman–Crippen LogP) is 4.81. The number of likely N-dealkylation sites (tertiary alicyclic amines) is 1. The first-order valence-corrected chi connectivity index (χ1v) is 19.0. The number of anilines is 1. The lowest BCUT2D eigenvalue weighted by Crippen LogP contribution is -2.56. The molecule has 53 heavy (non-hydrogen) atoms. The third kappa shape index (κ3) is 6.79. The van der Waals surface area contributed by atoms with Gasteiger partial charge in [0.15, 0.2) is 0 Å². The van der Waals surface area contributed by atoms with Crippen LogP contribution in [0, 0.1) is 6.92 Å². The summed E-state index contributed by atoms with van der Waals surface area (Å²) in [5.41, 5.74) is 6.83. The number of amides is 3. The van der Waals surface area contributed by atoms with Crippen LogP contribution in [-0.4, -0.2) is 99.8 Å². The molecule has 2 aromatic heterocycles. The van der Waals surface area contributed by atoms with Crippen molar-refractivity contribution in [2.24, 2.45) is 0 Å². The summed E-state index contributed by atoms with van der Waals surface area (Å²) in [6.45, 7) is 8.48. The Kier molecular flexibility index (Phi) is 9.69. The highest BCUT2D eigenvalue weighted by atomic mass is 16.5. The molecule has 12 heteroatoms. The van der Waals surface area contributed by atoms with Crippen molar-refractivity contribution in [2.45, 2.75) is 76.3 Å². The monoisotopic (exact) mass is 718 g/mol. The minimum absolute atomic E-state index is 0.00606. The molecule has 5 heterocycles. The fourth-order valence-electron chi connectivity index (χ4n) is 8.58. The van der Waals surface area contributed by atoms with Crippen molar-refractivity contribution in [3.05, 3.63) is 106 Å². The molecule has 1 aliphatic carbocycles. The van der Waals surface area contributed by atoms with Gasteiger partial charge in [0.25, 0.3) is 17.7 Å². The van der Waals surface area contributed by atoms with Gasteiger partial charge in [-0.2, -0.15) is 5.10 Å². The van der Waals surface area contributed by atoms with Crippen LogP contribution in [0.3, 0.4) is 0 Å². The van der Waals surface area contributed by atoms with Crippen molar-refractivity contribution >= 4 is 23.4 Å². The summed E-state index contributed by atoms with van der Waals surface area (Å²) >= 11 is 0. The number of nitrogens with zero attached hydrogens (tertiary/aromatic N) is 6. The smallest absolute Gasteiger partial charge is 0.268 e. The molecule has 0 atom stereocenters. The van der Waals surface area contributed by atoms with E-state index in [0.717, 1.165) is 89.3 Å². The Morgan fingerprint density at radius 1 is 0.868 bits per heavy atom. The highest BCUT2D eigenvalue weighted by Gasteiger charge is 2.48. The zero-order valence-electron chi connectivity index (χ0n) is 31.0. The van der Waals surface area contributed by atoms with E-state index in [1.807, 2.05) is 54.1 Å². The van der Waals surface area contributed by atoms with Crippen LogP contribution in [0.15, 0.2) is 66.9 Å². The standard InChI is InChI=1S/C41H50N8O4/c1-28-35(24-43-49(28)33-15-19-46(20-16-33)34-26-53-27-34)38(50)44-32-11-7-29(8-12-32)23-42-39(51)36-13-14-37-41(17-4-18-41)47(21-22-48(36)37)25-30-5-9-31(10-6-30)40(52)45(2)3/h5-14,24,33-34H,4,15-23,25-27H2,1-3H3,(H,42,51)(H,44,50). The van der Waals surface area contributed by atoms with E-state index in [0.29, 0.717) is 41.1 Å². The van der Waals surface area contributed by atoms with E-state index in [4.69, 9.17) is 4.74 Å². The van der Waals surface area contributed by atoms with Crippen LogP contribution in [0.25, 0.3) is 0 Å². The van der Waals surface area contributed by atoms with E-state index >= 15 is 0 Å². The summed E-state index contributed by atoms with van der Waals surface area (Å²) in [7, 11) is 3.54. The van der Waals surface area contributed by atoms with Gasteiger partial charge in [0, 0.05) is 76.0 Å². The average molecular weight is 719 g/mol. The molecule has 2 saturated heterocycles. The molecule has 3 aliphatic heterocycles. The van der Waals surface area contributed by atoms with Crippen molar-refractivity contribution in [3.8, 4) is 0 Å². The lowest BCUT2D eigenvalue weighted by Gasteiger charge is -2.53. The van der Waals surface area contributed by atoms with Crippen LogP contribution in [0.5, 0.6) is 0 Å². The number of nitrogens with one attached hydrogen (secondary N) is 2. The number of piperidine rings is 1. The fourth-order valence-corrected chi connectivity index (χ4v) is 8.58. The second-order valence-electron chi connectivity index (χ2n) is 15.3. The van der Waals surface area contributed by atoms with Gasteiger partial charge in [0.2, 0.25) is 0 Å². The molecule has 0 radical (unpaired) electrons. The molecule has 0 unspecified atom stereocenters. The Morgan fingerprint density at radius 2 is 1.58 bits per heavy atom. The van der Waals surface area contributed by atoms with E-state index in [1.165, 1.54) is 11.3 Å². The quantitative estimate of drug-likeness (QED) is 0.242. The van der Waals surface area contributed by atoms with Crippen LogP contribution in [-0.2, 0) is 29.9 Å². The second kappa shape index (κ2) is 14.6. The second-order valence-corrected chi connectivity index (χ2v) is 15.3. The van der Waals surface area contributed by atoms with Crippen LogP contribution in [0.1, 0.15) is 91.9 Å². The van der Waals surface area contributed by atoms with Gasteiger partial charge in [-0.1, -0.05) is 24.3 Å². The molecule has 12 nitrogen and oxygen atoms in total. The molecule has 278 valence electrons. The molecule has 3 fully saturated rings. The summed E-state index contributed by atoms with van der Waals surface area (Å²) in [6.07, 6.45) is 7.01. The summed E-state index contributed by atoms with van der Waals surface area (Å²) < 4.78 is 9.60. The molecular weight excluding hydrogens is 669 g/mol. The molecule has 1 spiro atoms. The van der Waals surface area contributed by atoms with Crippen LogP contribution in [0.4, 0.5) is 5.69 Å². The number of hydrogen-bond acceptors (Lipinski definition) is 7. The fraction of sp³-hybridized carbons (Fsp3) is 0.463. The highest BCUT2D eigenvalue weighted by molar-refractivity contribution is 6.05. The Labute approximate surface area is 311 Å². The summed E-state index contributed by atoms with van der Waals surface area (Å²) in [5, 5.41) is 10.8. The Balaban J connectivity index is 0.851. The molecule has 3 amide bonds. The maximum absolute atomic E-state index is 13.5. The molecule has 4 aliphatic rings. The van der Waals surface area contributed by atoms with Crippen molar-refractivity contribution in [1.82, 2.24) is 34.4 Å². The third-order valence-electron chi connectivity index (χ3n) is 12.0. The highest BCUT2D eigenvalue weighted by Crippen LogP contribution is 2.49. The van der Waals surface area contributed by atoms with Crippen molar-refractivity contribution in [3.63, 3.8) is 0 Å². The molecule has 0 bridgehead atoms. The SMILES string of the molecule is Cc1c(C(=O)Nc2ccc(CNC(=O)c3ccc4n3CCN(Cc3ccc(C(=O)N(C)C)cc3)C43CCC3)cc2)cnn1C1CCN(C2COC2)CC1. The van der Waals surface area contributed by atoms with Crippen LogP contribution >= 0.6 is 0 Å². The van der Waals surface area contributed by atoms with E-state index in [-0.39, 0.29) is 23.3 Å². The molecule has 1 saturated carbocycles. The topological polar surface area (TPSA) is 117 Å². The van der Waals surface area contributed by atoms with Crippen molar-refractivity contribution < 1.29 is 19.1 Å². The first kappa shape index (κ1) is 35.3. The number of carbonyl (C=O) groups is 3. The Morgan fingerprint density at radius 3 is 2.23 bits per heavy atom. The van der Waals surface area contributed by atoms with E-state index in [1.54, 1.807) is 25.2 Å². The molecule has 8 rings (SSSR count). The number of benzene rings is 2. The normalized spacial score (nSPS) is 18.9. The zero-order chi connectivity index (χ0) is 36.7. The minimum Gasteiger partial charge on any atom is -0.378 e. The third-order valence-corrected chi connectivity index (χ3v) is 12.0. The van der Waals surface area contributed by atoms with Gasteiger partial charge in [-0.05, 0) is 86.6 Å². The average Bonchev–Trinajstić information content (AvgIpc) is 3.74. The van der Waals surface area contributed by atoms with E-state index in [2.05, 4.69) is 48.3 Å². The molecular formula is C41H50N8O4. The lowest BCUT2D eigenvalue weighted by molar-refractivity contribution is -0.0735. The van der Waals surface area contributed by atoms with Gasteiger partial charge in [0.1, 0.15) is 5.69 Å². The lowest BCUT2D eigenvalue weighted by atomic mass is 9.71. The zero-order valence-corrected chi connectivity index (χ0v) is 31.0. The maximum Gasteiger partial charge on any atom is 0.268 e. The number of hydrogen-bond donors (Lipinski definition) is 2. The van der Waals surface area contributed by atoms with Gasteiger partial charge >= 0.3 is 0 Å². The summed E-state index contributed by atoms with van der Waals surface area (Å²) in [5.74, 6) is -0.256. The Bertz CT molecular complexity index is 1970. The summed E-state index contributed by atoms with van der Waals surface area (Å²) in [4.78, 5) is 45.8. The number of aromatic nitrogens is 3. The number of ether oxygens (including phenoxy) is 1. The first-order valence-electron chi connectivity index (χ1n) is 19.0. The minimum atomic E-state index is -0.172. The van der Waals surface area contributed by atoms with E-state index < -0.39 is 0 Å². The van der Waals surface area contributed by atoms with Crippen LogP contribution in [0.2, 0.25) is 0 Å². The molecule has 2 N–H and O–H groups in total. The van der Waals surface area contributed by atoms with Gasteiger partial charge in [-0.3, -0.25) is 28.9 Å². The number of fused-ring (bicyclic) bond motifs is 2. The Hall–Kier alpha value is -4.78. The molecule has 4 aromatic rings. The van der Waals surface area contributed by atoms with E-state index in [9.17, 15) is 14.4 Å². The van der Waals surface area contributed by atoms with Gasteiger partial charge in [0.05, 0.1) is 42.6 Å². The predicted molar refractivity (Wildman–Crippen MR) is 202 cm³/mol. The number of rotatable bonds is 10. The molecule has 2 aromatic carbocycles. The first-order chi connectivity index (χ1) is 25.7. The summed E-state index contributed by atoms with van der Waals surface area (Å²) in [6, 6.07) is 20.5. The van der Waals surface area contributed by atoms with Gasteiger partial charge < -0.3 is 24.8 Å². The maximum atomic E-state index is 13.5. The van der Waals surface area contributed by atoms with Gasteiger partial charge in [-0.15, -0.1) is 0 Å². The van der Waals surface area contributed by atoms with Crippen LogP contribution < -0.4 is 10.6 Å². The van der Waals surface area contributed by atoms with Crippen molar-refractivity contribution in [1.29, 1.82) is 0 Å². The number of carbonyl (C=O) groups excluding carboxylic acids is 3. The van der Waals surface area contributed by atoms with Crippen molar-refractivity contribution in [2.75, 3.05) is 52.3 Å². The largest absolute Gasteiger partial charge is 0.378 e. The van der Waals surface area contributed by atoms with Gasteiger partial charge in [-0.25, -0.2) is 0 Å².